The minimum atomic E-state index is -4.89. The second-order valence-electron chi connectivity index (χ2n) is 7.24. The first-order chi connectivity index (χ1) is 15.6. The average Bonchev–Trinajstić information content (AvgIpc) is 2.78. The number of nitrogens with one attached hydrogen (secondary N) is 1. The number of carbonyl (C=O) groups is 2. The second-order valence-corrected chi connectivity index (χ2v) is 7.24. The van der Waals surface area contributed by atoms with E-state index in [-0.39, 0.29) is 41.3 Å². The highest BCUT2D eigenvalue weighted by atomic mass is 19.4. The molecule has 11 heteroatoms. The predicted octanol–water partition coefficient (Wildman–Crippen LogP) is 3.79. The van der Waals surface area contributed by atoms with Crippen molar-refractivity contribution in [3.8, 4) is 5.75 Å². The summed E-state index contributed by atoms with van der Waals surface area (Å²) in [5.41, 5.74) is -3.02. The standard InChI is InChI=1S/C22H15F4N3O4/c23-15-10-13(4-5-14(15)22(24,25)26)21(7-9-33-17-2-1-8-27-18(17)21)29-19(30)16-6-3-12(11-28-16)20(31)32/h1-6,8,10-11H,7,9H2,(H,29,30)(H,31,32). The Hall–Kier alpha value is -4.02. The summed E-state index contributed by atoms with van der Waals surface area (Å²) in [6.07, 6.45) is -2.44. The zero-order valence-corrected chi connectivity index (χ0v) is 16.7. The van der Waals surface area contributed by atoms with Crippen LogP contribution in [0.2, 0.25) is 0 Å². The summed E-state index contributed by atoms with van der Waals surface area (Å²) in [6, 6.07) is 7.93. The van der Waals surface area contributed by atoms with Gasteiger partial charge in [0, 0.05) is 18.8 Å². The topological polar surface area (TPSA) is 101 Å². The fourth-order valence-corrected chi connectivity index (χ4v) is 3.66. The number of rotatable bonds is 4. The molecule has 2 aromatic heterocycles. The maximum Gasteiger partial charge on any atom is 0.419 e. The molecule has 4 rings (SSSR count). The number of hydrogen-bond acceptors (Lipinski definition) is 5. The van der Waals surface area contributed by atoms with Gasteiger partial charge in [-0.3, -0.25) is 14.8 Å². The first-order valence-corrected chi connectivity index (χ1v) is 9.59. The number of alkyl halides is 3. The molecule has 0 aliphatic carbocycles. The number of halogens is 4. The number of carboxylic acid groups (broad SMARTS) is 1. The number of amides is 1. The predicted molar refractivity (Wildman–Crippen MR) is 105 cm³/mol. The molecular formula is C22H15F4N3O4. The van der Waals surface area contributed by atoms with Crippen molar-refractivity contribution in [2.24, 2.45) is 0 Å². The van der Waals surface area contributed by atoms with Crippen molar-refractivity contribution in [3.05, 3.63) is 88.8 Å². The molecule has 0 bridgehead atoms. The van der Waals surface area contributed by atoms with Crippen LogP contribution in [-0.4, -0.2) is 33.6 Å². The van der Waals surface area contributed by atoms with E-state index in [1.54, 1.807) is 12.1 Å². The van der Waals surface area contributed by atoms with Gasteiger partial charge in [-0.15, -0.1) is 0 Å². The number of benzene rings is 1. The first kappa shape index (κ1) is 22.2. The molecule has 33 heavy (non-hydrogen) atoms. The van der Waals surface area contributed by atoms with E-state index >= 15 is 0 Å². The molecule has 2 N–H and O–H groups in total. The molecule has 1 atom stereocenters. The SMILES string of the molecule is O=C(O)c1ccc(C(=O)NC2(c3ccc(C(F)(F)F)c(F)c3)CCOc3cccnc32)nc1. The van der Waals surface area contributed by atoms with E-state index in [2.05, 4.69) is 15.3 Å². The molecule has 0 saturated heterocycles. The lowest BCUT2D eigenvalue weighted by Crippen LogP contribution is -2.50. The fraction of sp³-hybridized carbons (Fsp3) is 0.182. The number of aromatic carboxylic acids is 1. The molecule has 1 unspecified atom stereocenters. The maximum absolute atomic E-state index is 14.5. The smallest absolute Gasteiger partial charge is 0.419 e. The van der Waals surface area contributed by atoms with Crippen LogP contribution in [0.15, 0.2) is 54.9 Å². The Balaban J connectivity index is 1.81. The van der Waals surface area contributed by atoms with E-state index in [1.165, 1.54) is 18.3 Å². The molecule has 3 heterocycles. The molecule has 0 fully saturated rings. The molecule has 0 radical (unpaired) electrons. The van der Waals surface area contributed by atoms with Gasteiger partial charge in [-0.1, -0.05) is 6.07 Å². The molecule has 0 spiro atoms. The van der Waals surface area contributed by atoms with Gasteiger partial charge < -0.3 is 15.2 Å². The molecule has 1 aromatic carbocycles. The molecule has 3 aromatic rings. The normalized spacial score (nSPS) is 17.6. The highest BCUT2D eigenvalue weighted by Crippen LogP contribution is 2.42. The molecule has 0 saturated carbocycles. The van der Waals surface area contributed by atoms with Gasteiger partial charge in [0.15, 0.2) is 0 Å². The number of fused-ring (bicyclic) bond motifs is 1. The van der Waals surface area contributed by atoms with E-state index in [4.69, 9.17) is 9.84 Å². The third kappa shape index (κ3) is 4.09. The first-order valence-electron chi connectivity index (χ1n) is 9.59. The molecule has 1 amide bonds. The van der Waals surface area contributed by atoms with Crippen molar-refractivity contribution in [3.63, 3.8) is 0 Å². The van der Waals surface area contributed by atoms with Gasteiger partial charge in [0.2, 0.25) is 0 Å². The number of pyridine rings is 2. The van der Waals surface area contributed by atoms with E-state index in [9.17, 15) is 27.2 Å². The number of carboxylic acids is 1. The number of hydrogen-bond donors (Lipinski definition) is 2. The van der Waals surface area contributed by atoms with Gasteiger partial charge in [0.05, 0.1) is 17.7 Å². The molecular weight excluding hydrogens is 446 g/mol. The maximum atomic E-state index is 14.5. The average molecular weight is 461 g/mol. The third-order valence-electron chi connectivity index (χ3n) is 5.25. The zero-order chi connectivity index (χ0) is 23.8. The van der Waals surface area contributed by atoms with Gasteiger partial charge in [-0.2, -0.15) is 13.2 Å². The Labute approximate surface area is 184 Å². The minimum absolute atomic E-state index is 0.0340. The Morgan fingerprint density at radius 1 is 1.12 bits per heavy atom. The summed E-state index contributed by atoms with van der Waals surface area (Å²) >= 11 is 0. The Morgan fingerprint density at radius 2 is 1.91 bits per heavy atom. The van der Waals surface area contributed by atoms with Crippen LogP contribution in [0.1, 0.15) is 44.1 Å². The number of ether oxygens (including phenoxy) is 1. The Morgan fingerprint density at radius 3 is 2.55 bits per heavy atom. The monoisotopic (exact) mass is 461 g/mol. The highest BCUT2D eigenvalue weighted by molar-refractivity contribution is 5.94. The van der Waals surface area contributed by atoms with Crippen LogP contribution in [0.25, 0.3) is 0 Å². The lowest BCUT2D eigenvalue weighted by molar-refractivity contribution is -0.140. The molecule has 1 aliphatic heterocycles. The van der Waals surface area contributed by atoms with Gasteiger partial charge in [0.25, 0.3) is 5.91 Å². The summed E-state index contributed by atoms with van der Waals surface area (Å²) in [4.78, 5) is 32.1. The zero-order valence-electron chi connectivity index (χ0n) is 16.7. The summed E-state index contributed by atoms with van der Waals surface area (Å²) in [7, 11) is 0. The minimum Gasteiger partial charge on any atom is -0.491 e. The van der Waals surface area contributed by atoms with Gasteiger partial charge in [-0.05, 0) is 42.0 Å². The lowest BCUT2D eigenvalue weighted by atomic mass is 9.80. The summed E-state index contributed by atoms with van der Waals surface area (Å²) in [6.45, 7) is 0.0625. The van der Waals surface area contributed by atoms with Crippen LogP contribution in [0.5, 0.6) is 5.75 Å². The van der Waals surface area contributed by atoms with Crippen molar-refractivity contribution in [2.75, 3.05) is 6.61 Å². The number of aromatic nitrogens is 2. The van der Waals surface area contributed by atoms with Crippen molar-refractivity contribution in [1.82, 2.24) is 15.3 Å². The summed E-state index contributed by atoms with van der Waals surface area (Å²) in [5, 5.41) is 11.7. The Bertz CT molecular complexity index is 1230. The van der Waals surface area contributed by atoms with Crippen LogP contribution in [0.3, 0.4) is 0 Å². The van der Waals surface area contributed by atoms with Crippen molar-refractivity contribution >= 4 is 11.9 Å². The van der Waals surface area contributed by atoms with Gasteiger partial charge in [0.1, 0.15) is 28.5 Å². The van der Waals surface area contributed by atoms with Crippen LogP contribution >= 0.6 is 0 Å². The summed E-state index contributed by atoms with van der Waals surface area (Å²) in [5.74, 6) is -3.21. The molecule has 7 nitrogen and oxygen atoms in total. The molecule has 170 valence electrons. The van der Waals surface area contributed by atoms with Crippen LogP contribution in [-0.2, 0) is 11.7 Å². The van der Waals surface area contributed by atoms with Crippen molar-refractivity contribution in [1.29, 1.82) is 0 Å². The van der Waals surface area contributed by atoms with Crippen molar-refractivity contribution in [2.45, 2.75) is 18.1 Å². The highest BCUT2D eigenvalue weighted by Gasteiger charge is 2.44. The number of nitrogens with zero attached hydrogens (tertiary/aromatic N) is 2. The van der Waals surface area contributed by atoms with E-state index in [0.717, 1.165) is 12.3 Å². The van der Waals surface area contributed by atoms with E-state index in [0.29, 0.717) is 12.1 Å². The van der Waals surface area contributed by atoms with Gasteiger partial charge in [-0.25, -0.2) is 9.18 Å². The summed E-state index contributed by atoms with van der Waals surface area (Å²) < 4.78 is 59.3. The van der Waals surface area contributed by atoms with Crippen LogP contribution in [0.4, 0.5) is 17.6 Å². The Kier molecular flexibility index (Phi) is 5.48. The van der Waals surface area contributed by atoms with E-state index in [1.807, 2.05) is 0 Å². The van der Waals surface area contributed by atoms with Gasteiger partial charge >= 0.3 is 12.1 Å². The number of carbonyl (C=O) groups excluding carboxylic acids is 1. The van der Waals surface area contributed by atoms with Crippen molar-refractivity contribution < 1.29 is 37.0 Å². The van der Waals surface area contributed by atoms with Crippen LogP contribution < -0.4 is 10.1 Å². The second kappa shape index (κ2) is 8.15. The fourth-order valence-electron chi connectivity index (χ4n) is 3.66. The quantitative estimate of drug-likeness (QED) is 0.574. The van der Waals surface area contributed by atoms with E-state index < -0.39 is 35.0 Å². The largest absolute Gasteiger partial charge is 0.491 e. The lowest BCUT2D eigenvalue weighted by Gasteiger charge is -2.39. The third-order valence-corrected chi connectivity index (χ3v) is 5.25. The molecule has 1 aliphatic rings. The van der Waals surface area contributed by atoms with Crippen LogP contribution in [0, 0.1) is 5.82 Å².